The summed E-state index contributed by atoms with van der Waals surface area (Å²) < 4.78 is 22.0. The van der Waals surface area contributed by atoms with E-state index >= 15 is 0 Å². The van der Waals surface area contributed by atoms with E-state index in [1.165, 1.54) is 0 Å². The maximum Gasteiger partial charge on any atom is 0.344 e. The molecule has 0 spiro atoms. The Hall–Kier alpha value is -2.70. The van der Waals surface area contributed by atoms with Gasteiger partial charge in [-0.25, -0.2) is 9.59 Å². The third-order valence-corrected chi connectivity index (χ3v) is 5.39. The van der Waals surface area contributed by atoms with Gasteiger partial charge in [-0.05, 0) is 25.0 Å². The van der Waals surface area contributed by atoms with Crippen molar-refractivity contribution >= 4 is 56.7 Å². The quantitative estimate of drug-likeness (QED) is 0.264. The van der Waals surface area contributed by atoms with Crippen molar-refractivity contribution in [1.29, 1.82) is 0 Å². The van der Waals surface area contributed by atoms with Gasteiger partial charge in [0, 0.05) is 21.5 Å². The summed E-state index contributed by atoms with van der Waals surface area (Å²) in [5.74, 6) is -0.120. The van der Waals surface area contributed by atoms with E-state index in [2.05, 4.69) is 0 Å². The van der Waals surface area contributed by atoms with Crippen molar-refractivity contribution in [3.8, 4) is 11.5 Å². The summed E-state index contributed by atoms with van der Waals surface area (Å²) >= 11 is 12.8. The highest BCUT2D eigenvalue weighted by atomic mass is 35.5. The van der Waals surface area contributed by atoms with Crippen molar-refractivity contribution in [2.24, 2.45) is 0 Å². The van der Waals surface area contributed by atoms with Gasteiger partial charge >= 0.3 is 11.9 Å². The molecule has 0 heterocycles. The lowest BCUT2D eigenvalue weighted by molar-refractivity contribution is -0.146. The Morgan fingerprint density at radius 1 is 0.750 bits per heavy atom. The van der Waals surface area contributed by atoms with Crippen molar-refractivity contribution in [3.63, 3.8) is 0 Å². The molecule has 0 bridgehead atoms. The summed E-state index contributed by atoms with van der Waals surface area (Å²) in [6.07, 6.45) is 1.43. The molecular weight excluding hydrogens is 455 g/mol. The van der Waals surface area contributed by atoms with Crippen LogP contribution in [0.4, 0.5) is 0 Å². The molecule has 0 N–H and O–H groups in total. The minimum absolute atomic E-state index is 0.255. The van der Waals surface area contributed by atoms with Gasteiger partial charge < -0.3 is 18.9 Å². The van der Waals surface area contributed by atoms with Gasteiger partial charge in [0.25, 0.3) is 0 Å². The van der Waals surface area contributed by atoms with E-state index in [0.717, 1.165) is 6.42 Å². The molecule has 0 saturated carbocycles. The minimum atomic E-state index is -0.485. The number of hydrogen-bond acceptors (Lipinski definition) is 6. The molecule has 0 aliphatic carbocycles. The van der Waals surface area contributed by atoms with Gasteiger partial charge in [-0.3, -0.25) is 0 Å². The summed E-state index contributed by atoms with van der Waals surface area (Å²) in [7, 11) is 0. The summed E-state index contributed by atoms with van der Waals surface area (Å²) in [4.78, 5) is 24.1. The minimum Gasteiger partial charge on any atom is -0.481 e. The Labute approximate surface area is 196 Å². The fourth-order valence-electron chi connectivity index (χ4n) is 3.20. The first kappa shape index (κ1) is 24.0. The fraction of sp³-hybridized carbons (Fsp3) is 0.333. The predicted octanol–water partition coefficient (Wildman–Crippen LogP) is 5.96. The van der Waals surface area contributed by atoms with Crippen molar-refractivity contribution in [2.75, 3.05) is 26.4 Å². The Morgan fingerprint density at radius 3 is 1.84 bits per heavy atom. The number of hydrogen-bond donors (Lipinski definition) is 0. The van der Waals surface area contributed by atoms with Crippen molar-refractivity contribution in [2.45, 2.75) is 26.7 Å². The predicted molar refractivity (Wildman–Crippen MR) is 125 cm³/mol. The third-order valence-electron chi connectivity index (χ3n) is 4.59. The van der Waals surface area contributed by atoms with Crippen LogP contribution in [-0.4, -0.2) is 38.4 Å². The standard InChI is InChI=1S/C24H24Cl2O6/c1-3-11-29-19(27)13-31-23-15-7-5-6-8-16(15)24(32-14-20(28)30-12-4-2)21-17(23)9-10-18(25)22(21)26/h5-10H,3-4,11-14H2,1-2H3. The van der Waals surface area contributed by atoms with Crippen molar-refractivity contribution in [3.05, 3.63) is 46.4 Å². The molecule has 3 aromatic carbocycles. The zero-order chi connectivity index (χ0) is 23.1. The number of fused-ring (bicyclic) bond motifs is 2. The van der Waals surface area contributed by atoms with Crippen LogP contribution in [0, 0.1) is 0 Å². The third kappa shape index (κ3) is 5.37. The Balaban J connectivity index is 2.09. The van der Waals surface area contributed by atoms with Crippen LogP contribution in [0.25, 0.3) is 21.5 Å². The molecule has 0 amide bonds. The average Bonchev–Trinajstić information content (AvgIpc) is 2.80. The maximum absolute atomic E-state index is 12.0. The van der Waals surface area contributed by atoms with Crippen molar-refractivity contribution in [1.82, 2.24) is 0 Å². The SMILES string of the molecule is CCCOC(=O)COc1c2ccccc2c(OCC(=O)OCCC)c2c(Cl)c(Cl)ccc12. The second-order valence-electron chi connectivity index (χ2n) is 7.01. The zero-order valence-corrected chi connectivity index (χ0v) is 19.4. The zero-order valence-electron chi connectivity index (χ0n) is 17.9. The van der Waals surface area contributed by atoms with E-state index < -0.39 is 11.9 Å². The number of carbonyl (C=O) groups excluding carboxylic acids is 2. The highest BCUT2D eigenvalue weighted by molar-refractivity contribution is 6.46. The Kier molecular flexibility index (Phi) is 8.42. The highest BCUT2D eigenvalue weighted by Gasteiger charge is 2.21. The van der Waals surface area contributed by atoms with E-state index in [1.807, 2.05) is 38.1 Å². The average molecular weight is 479 g/mol. The number of benzene rings is 3. The lowest BCUT2D eigenvalue weighted by atomic mass is 10.0. The molecule has 170 valence electrons. The molecule has 0 unspecified atom stereocenters. The van der Waals surface area contributed by atoms with Crippen LogP contribution in [0.5, 0.6) is 11.5 Å². The van der Waals surface area contributed by atoms with Gasteiger partial charge in [-0.2, -0.15) is 0 Å². The van der Waals surface area contributed by atoms with Gasteiger partial charge in [0.05, 0.1) is 23.3 Å². The van der Waals surface area contributed by atoms with Gasteiger partial charge in [0.2, 0.25) is 0 Å². The van der Waals surface area contributed by atoms with E-state index in [4.69, 9.17) is 42.1 Å². The lowest BCUT2D eigenvalue weighted by Crippen LogP contribution is -2.16. The molecule has 0 atom stereocenters. The van der Waals surface area contributed by atoms with Crippen molar-refractivity contribution < 1.29 is 28.5 Å². The first-order chi connectivity index (χ1) is 15.5. The Morgan fingerprint density at radius 2 is 1.28 bits per heavy atom. The smallest absolute Gasteiger partial charge is 0.344 e. The number of esters is 2. The van der Waals surface area contributed by atoms with Crippen LogP contribution in [0.1, 0.15) is 26.7 Å². The topological polar surface area (TPSA) is 71.1 Å². The van der Waals surface area contributed by atoms with Gasteiger partial charge in [0.1, 0.15) is 11.5 Å². The molecule has 0 aliphatic rings. The second-order valence-corrected chi connectivity index (χ2v) is 7.79. The van der Waals surface area contributed by atoms with Gasteiger partial charge in [-0.15, -0.1) is 0 Å². The molecule has 32 heavy (non-hydrogen) atoms. The number of rotatable bonds is 10. The fourth-order valence-corrected chi connectivity index (χ4v) is 3.61. The van der Waals surface area contributed by atoms with E-state index in [-0.39, 0.29) is 18.2 Å². The number of halogens is 2. The second kappa shape index (κ2) is 11.2. The molecule has 8 heteroatoms. The first-order valence-corrected chi connectivity index (χ1v) is 11.1. The molecule has 0 fully saturated rings. The van der Waals surface area contributed by atoms with E-state index in [1.54, 1.807) is 12.1 Å². The first-order valence-electron chi connectivity index (χ1n) is 10.4. The van der Waals surface area contributed by atoms with Crippen LogP contribution in [0.3, 0.4) is 0 Å². The molecule has 0 aliphatic heterocycles. The summed E-state index contributed by atoms with van der Waals surface area (Å²) in [5.41, 5.74) is 0. The molecule has 3 aromatic rings. The van der Waals surface area contributed by atoms with Crippen LogP contribution >= 0.6 is 23.2 Å². The van der Waals surface area contributed by atoms with Crippen LogP contribution in [0.15, 0.2) is 36.4 Å². The maximum atomic E-state index is 12.0. The monoisotopic (exact) mass is 478 g/mol. The number of ether oxygens (including phenoxy) is 4. The molecule has 0 aromatic heterocycles. The highest BCUT2D eigenvalue weighted by Crippen LogP contribution is 2.47. The summed E-state index contributed by atoms with van der Waals surface area (Å²) in [6, 6.07) is 10.7. The van der Waals surface area contributed by atoms with E-state index in [9.17, 15) is 9.59 Å². The molecular formula is C24H24Cl2O6. The van der Waals surface area contributed by atoms with E-state index in [0.29, 0.717) is 57.7 Å². The number of carbonyl (C=O) groups is 2. The molecule has 6 nitrogen and oxygen atoms in total. The Bertz CT molecular complexity index is 1130. The lowest BCUT2D eigenvalue weighted by Gasteiger charge is -2.18. The van der Waals surface area contributed by atoms with Gasteiger partial charge in [-0.1, -0.05) is 61.3 Å². The largest absolute Gasteiger partial charge is 0.481 e. The molecule has 0 saturated heterocycles. The summed E-state index contributed by atoms with van der Waals surface area (Å²) in [5, 5.41) is 3.01. The normalized spacial score (nSPS) is 10.9. The molecule has 0 radical (unpaired) electrons. The van der Waals surface area contributed by atoms with Crippen LogP contribution in [0.2, 0.25) is 10.0 Å². The van der Waals surface area contributed by atoms with Crippen LogP contribution < -0.4 is 9.47 Å². The van der Waals surface area contributed by atoms with Crippen LogP contribution in [-0.2, 0) is 19.1 Å². The van der Waals surface area contributed by atoms with Gasteiger partial charge in [0.15, 0.2) is 13.2 Å². The molecule has 3 rings (SSSR count). The summed E-state index contributed by atoms with van der Waals surface area (Å²) in [6.45, 7) is 3.92.